The van der Waals surface area contributed by atoms with Crippen LogP contribution in [0.2, 0.25) is 0 Å². The van der Waals surface area contributed by atoms with Gasteiger partial charge in [-0.15, -0.1) is 0 Å². The van der Waals surface area contributed by atoms with Gasteiger partial charge in [-0.1, -0.05) is 42.2 Å². The molecule has 0 radical (unpaired) electrons. The van der Waals surface area contributed by atoms with E-state index in [9.17, 15) is 9.59 Å². The first-order valence-electron chi connectivity index (χ1n) is 9.48. The minimum absolute atomic E-state index is 0.129. The lowest BCUT2D eigenvalue weighted by atomic mass is 10.2. The van der Waals surface area contributed by atoms with E-state index < -0.39 is 0 Å². The van der Waals surface area contributed by atoms with E-state index in [-0.39, 0.29) is 22.9 Å². The SMILES string of the molecule is COCCN1C(=O)/C(=C/c2c(Oc3cccc(C)c3)nc3ccccn3c2=O)SC1=S. The van der Waals surface area contributed by atoms with E-state index in [1.807, 2.05) is 25.1 Å². The first-order valence-corrected chi connectivity index (χ1v) is 10.7. The molecule has 0 spiro atoms. The number of hydrogen-bond acceptors (Lipinski definition) is 7. The van der Waals surface area contributed by atoms with Crippen molar-refractivity contribution in [2.24, 2.45) is 0 Å². The van der Waals surface area contributed by atoms with E-state index in [0.717, 1.165) is 17.3 Å². The Bertz CT molecular complexity index is 1270. The maximum atomic E-state index is 13.2. The molecule has 1 aromatic carbocycles. The zero-order valence-electron chi connectivity index (χ0n) is 16.9. The molecule has 1 aliphatic rings. The van der Waals surface area contributed by atoms with Gasteiger partial charge >= 0.3 is 0 Å². The molecule has 2 aromatic heterocycles. The predicted octanol–water partition coefficient (Wildman–Crippen LogP) is 3.64. The summed E-state index contributed by atoms with van der Waals surface area (Å²) in [5.74, 6) is 0.407. The zero-order chi connectivity index (χ0) is 22.0. The van der Waals surface area contributed by atoms with Crippen molar-refractivity contribution in [3.8, 4) is 11.6 Å². The second-order valence-corrected chi connectivity index (χ2v) is 8.49. The molecule has 1 fully saturated rings. The number of benzene rings is 1. The summed E-state index contributed by atoms with van der Waals surface area (Å²) in [7, 11) is 1.56. The molecule has 9 heteroatoms. The molecule has 1 saturated heterocycles. The fraction of sp³-hybridized carbons (Fsp3) is 0.182. The van der Waals surface area contributed by atoms with Gasteiger partial charge in [-0.05, 0) is 42.8 Å². The van der Waals surface area contributed by atoms with Crippen molar-refractivity contribution in [3.05, 3.63) is 75.0 Å². The second-order valence-electron chi connectivity index (χ2n) is 6.81. The number of carbonyl (C=O) groups excluding carboxylic acids is 1. The Morgan fingerprint density at radius 1 is 1.19 bits per heavy atom. The van der Waals surface area contributed by atoms with Gasteiger partial charge in [0.2, 0.25) is 5.88 Å². The third-order valence-corrected chi connectivity index (χ3v) is 5.98. The summed E-state index contributed by atoms with van der Waals surface area (Å²) >= 11 is 6.47. The molecule has 31 heavy (non-hydrogen) atoms. The van der Waals surface area contributed by atoms with Crippen LogP contribution in [0.15, 0.2) is 58.4 Å². The largest absolute Gasteiger partial charge is 0.438 e. The van der Waals surface area contributed by atoms with Gasteiger partial charge in [-0.2, -0.15) is 4.98 Å². The van der Waals surface area contributed by atoms with E-state index in [4.69, 9.17) is 21.7 Å². The molecule has 0 unspecified atom stereocenters. The number of thioether (sulfide) groups is 1. The number of pyridine rings is 1. The van der Waals surface area contributed by atoms with Crippen molar-refractivity contribution in [2.75, 3.05) is 20.3 Å². The first kappa shape index (κ1) is 21.2. The van der Waals surface area contributed by atoms with Crippen LogP contribution < -0.4 is 10.3 Å². The van der Waals surface area contributed by atoms with Crippen LogP contribution in [-0.4, -0.2) is 44.8 Å². The van der Waals surface area contributed by atoms with E-state index in [1.165, 1.54) is 15.4 Å². The summed E-state index contributed by atoms with van der Waals surface area (Å²) < 4.78 is 12.9. The van der Waals surface area contributed by atoms with Crippen molar-refractivity contribution in [1.82, 2.24) is 14.3 Å². The highest BCUT2D eigenvalue weighted by Crippen LogP contribution is 2.34. The molecule has 7 nitrogen and oxygen atoms in total. The summed E-state index contributed by atoms with van der Waals surface area (Å²) in [6, 6.07) is 12.7. The maximum Gasteiger partial charge on any atom is 0.269 e. The second kappa shape index (κ2) is 9.01. The Labute approximate surface area is 188 Å². The zero-order valence-corrected chi connectivity index (χ0v) is 18.5. The van der Waals surface area contributed by atoms with Gasteiger partial charge in [-0.25, -0.2) is 0 Å². The molecule has 3 heterocycles. The van der Waals surface area contributed by atoms with E-state index in [2.05, 4.69) is 4.98 Å². The van der Waals surface area contributed by atoms with Gasteiger partial charge in [0.05, 0.1) is 18.1 Å². The molecule has 1 aliphatic heterocycles. The normalized spacial score (nSPS) is 15.3. The molecule has 0 N–H and O–H groups in total. The minimum Gasteiger partial charge on any atom is -0.438 e. The smallest absolute Gasteiger partial charge is 0.269 e. The van der Waals surface area contributed by atoms with Gasteiger partial charge < -0.3 is 9.47 Å². The fourth-order valence-corrected chi connectivity index (χ4v) is 4.37. The lowest BCUT2D eigenvalue weighted by Crippen LogP contribution is -2.31. The maximum absolute atomic E-state index is 13.2. The fourth-order valence-electron chi connectivity index (χ4n) is 3.08. The van der Waals surface area contributed by atoms with Gasteiger partial charge in [0, 0.05) is 13.3 Å². The third kappa shape index (κ3) is 4.39. The van der Waals surface area contributed by atoms with Crippen LogP contribution in [-0.2, 0) is 9.53 Å². The Balaban J connectivity index is 1.81. The number of rotatable bonds is 6. The summed E-state index contributed by atoms with van der Waals surface area (Å²) in [5.41, 5.74) is 1.29. The number of aromatic nitrogens is 2. The summed E-state index contributed by atoms with van der Waals surface area (Å²) in [4.78, 5) is 32.4. The first-order chi connectivity index (χ1) is 15.0. The standard InChI is InChI=1S/C22H19N3O4S2/c1-14-6-5-7-15(12-14)29-19-16(20(26)24-9-4-3-8-18(24)23-19)13-17-21(27)25(10-11-28-2)22(30)31-17/h3-9,12-13H,10-11H2,1-2H3/b17-13-. The average molecular weight is 454 g/mol. The van der Waals surface area contributed by atoms with Crippen molar-refractivity contribution in [3.63, 3.8) is 0 Å². The van der Waals surface area contributed by atoms with Crippen LogP contribution in [0.5, 0.6) is 11.6 Å². The van der Waals surface area contributed by atoms with E-state index >= 15 is 0 Å². The molecule has 0 bridgehead atoms. The van der Waals surface area contributed by atoms with Crippen LogP contribution in [0.4, 0.5) is 0 Å². The van der Waals surface area contributed by atoms with Crippen molar-refractivity contribution in [1.29, 1.82) is 0 Å². The summed E-state index contributed by atoms with van der Waals surface area (Å²) in [6.45, 7) is 2.66. The van der Waals surface area contributed by atoms with E-state index in [0.29, 0.717) is 33.8 Å². The quantitative estimate of drug-likeness (QED) is 0.417. The molecule has 0 saturated carbocycles. The van der Waals surface area contributed by atoms with Gasteiger partial charge in [0.25, 0.3) is 11.5 Å². The van der Waals surface area contributed by atoms with Crippen LogP contribution in [0.3, 0.4) is 0 Å². The minimum atomic E-state index is -0.338. The number of thiocarbonyl (C=S) groups is 1. The number of fused-ring (bicyclic) bond motifs is 1. The molecule has 0 aliphatic carbocycles. The van der Waals surface area contributed by atoms with Gasteiger partial charge in [-0.3, -0.25) is 18.9 Å². The van der Waals surface area contributed by atoms with E-state index in [1.54, 1.807) is 37.6 Å². The Kier molecular flexibility index (Phi) is 6.17. The van der Waals surface area contributed by atoms with Crippen LogP contribution >= 0.6 is 24.0 Å². The topological polar surface area (TPSA) is 73.1 Å². The lowest BCUT2D eigenvalue weighted by Gasteiger charge is -2.13. The monoisotopic (exact) mass is 453 g/mol. The van der Waals surface area contributed by atoms with Crippen molar-refractivity contribution in [2.45, 2.75) is 6.92 Å². The number of aryl methyl sites for hydroxylation is 1. The average Bonchev–Trinajstić information content (AvgIpc) is 3.02. The number of hydrogen-bond donors (Lipinski definition) is 0. The Hall–Kier alpha value is -3.01. The molecule has 3 aromatic rings. The predicted molar refractivity (Wildman–Crippen MR) is 124 cm³/mol. The molecular formula is C22H19N3O4S2. The lowest BCUT2D eigenvalue weighted by molar-refractivity contribution is -0.122. The number of carbonyl (C=O) groups is 1. The molecule has 158 valence electrons. The van der Waals surface area contributed by atoms with Gasteiger partial charge in [0.1, 0.15) is 21.3 Å². The van der Waals surface area contributed by atoms with Crippen LogP contribution in [0.1, 0.15) is 11.1 Å². The highest BCUT2D eigenvalue weighted by molar-refractivity contribution is 8.26. The Morgan fingerprint density at radius 2 is 2.03 bits per heavy atom. The van der Waals surface area contributed by atoms with Crippen molar-refractivity contribution >= 4 is 45.9 Å². The van der Waals surface area contributed by atoms with Crippen LogP contribution in [0.25, 0.3) is 11.7 Å². The number of methoxy groups -OCH3 is 1. The highest BCUT2D eigenvalue weighted by atomic mass is 32.2. The number of ether oxygens (including phenoxy) is 2. The summed E-state index contributed by atoms with van der Waals surface area (Å²) in [6.07, 6.45) is 3.13. The van der Waals surface area contributed by atoms with Crippen molar-refractivity contribution < 1.29 is 14.3 Å². The third-order valence-electron chi connectivity index (χ3n) is 4.61. The van der Waals surface area contributed by atoms with Crippen LogP contribution in [0, 0.1) is 6.92 Å². The highest BCUT2D eigenvalue weighted by Gasteiger charge is 2.32. The molecule has 4 rings (SSSR count). The number of amides is 1. The number of nitrogens with zero attached hydrogens (tertiary/aromatic N) is 3. The molecule has 1 amide bonds. The van der Waals surface area contributed by atoms with Gasteiger partial charge in [0.15, 0.2) is 0 Å². The molecule has 0 atom stereocenters. The molecular weight excluding hydrogens is 434 g/mol. The Morgan fingerprint density at radius 3 is 2.81 bits per heavy atom. The summed E-state index contributed by atoms with van der Waals surface area (Å²) in [5, 5.41) is 0.